The van der Waals surface area contributed by atoms with Gasteiger partial charge in [0.1, 0.15) is 5.67 Å². The summed E-state index contributed by atoms with van der Waals surface area (Å²) in [7, 11) is 0. The molecule has 1 unspecified atom stereocenters. The first-order valence-corrected chi connectivity index (χ1v) is 8.25. The number of fused-ring (bicyclic) bond motifs is 2. The molecule has 0 radical (unpaired) electrons. The Morgan fingerprint density at radius 2 is 1.95 bits per heavy atom. The Kier molecular flexibility index (Phi) is 3.02. The highest BCUT2D eigenvalue weighted by molar-refractivity contribution is 5.74. The van der Waals surface area contributed by atoms with Crippen LogP contribution < -0.4 is 16.2 Å². The molecule has 0 bridgehead atoms. The average Bonchev–Trinajstić information content (AvgIpc) is 3.17. The minimum absolute atomic E-state index is 0.227. The van der Waals surface area contributed by atoms with Crippen LogP contribution in [0, 0.1) is 5.92 Å². The molecule has 1 fully saturated rings. The van der Waals surface area contributed by atoms with Crippen molar-refractivity contribution in [2.24, 2.45) is 11.7 Å². The third-order valence-corrected chi connectivity index (χ3v) is 4.73. The highest BCUT2D eigenvalue weighted by Gasteiger charge is 2.33. The average molecular weight is 301 g/mol. The van der Waals surface area contributed by atoms with E-state index in [1.165, 1.54) is 35.2 Å². The van der Waals surface area contributed by atoms with Gasteiger partial charge in [-0.3, -0.25) is 5.01 Å². The largest absolute Gasteiger partial charge is 0.327 e. The lowest BCUT2D eigenvalue weighted by Gasteiger charge is -2.36. The van der Waals surface area contributed by atoms with Crippen molar-refractivity contribution in [3.63, 3.8) is 0 Å². The fourth-order valence-corrected chi connectivity index (χ4v) is 3.58. The molecule has 3 N–H and O–H groups in total. The topological polar surface area (TPSA) is 41.3 Å². The van der Waals surface area contributed by atoms with Crippen LogP contribution in [0.3, 0.4) is 0 Å². The fourth-order valence-electron chi connectivity index (χ4n) is 3.58. The van der Waals surface area contributed by atoms with Gasteiger partial charge in [-0.2, -0.15) is 0 Å². The SMILES string of the molecule is CC(C)(F)CN1NC(C2CC2)=Cc2cc3c(cc21)CC(N)C3. The maximum Gasteiger partial charge on any atom is 0.124 e. The van der Waals surface area contributed by atoms with E-state index in [1.807, 2.05) is 5.01 Å². The molecule has 0 spiro atoms. The number of nitrogens with zero attached hydrogens (tertiary/aromatic N) is 1. The van der Waals surface area contributed by atoms with Crippen LogP contribution in [0.1, 0.15) is 43.4 Å². The van der Waals surface area contributed by atoms with Crippen molar-refractivity contribution in [1.29, 1.82) is 0 Å². The van der Waals surface area contributed by atoms with Gasteiger partial charge in [0.25, 0.3) is 0 Å². The third kappa shape index (κ3) is 2.60. The highest BCUT2D eigenvalue weighted by atomic mass is 19.1. The van der Waals surface area contributed by atoms with E-state index in [-0.39, 0.29) is 6.04 Å². The monoisotopic (exact) mass is 301 g/mol. The summed E-state index contributed by atoms with van der Waals surface area (Å²) in [4.78, 5) is 0. The molecule has 3 nitrogen and oxygen atoms in total. The molecule has 2 aliphatic carbocycles. The predicted octanol–water partition coefficient (Wildman–Crippen LogP) is 2.94. The number of allylic oxidation sites excluding steroid dienone is 1. The molecule has 118 valence electrons. The van der Waals surface area contributed by atoms with Crippen LogP contribution in [0.15, 0.2) is 17.8 Å². The van der Waals surface area contributed by atoms with E-state index in [0.29, 0.717) is 12.5 Å². The minimum Gasteiger partial charge on any atom is -0.327 e. The molecular weight excluding hydrogens is 277 g/mol. The van der Waals surface area contributed by atoms with Gasteiger partial charge < -0.3 is 11.2 Å². The van der Waals surface area contributed by atoms with E-state index >= 15 is 0 Å². The summed E-state index contributed by atoms with van der Waals surface area (Å²) in [5, 5.41) is 1.99. The molecule has 4 rings (SSSR count). The van der Waals surface area contributed by atoms with E-state index in [9.17, 15) is 4.39 Å². The normalized spacial score (nSPS) is 23.7. The maximum absolute atomic E-state index is 14.2. The van der Waals surface area contributed by atoms with Gasteiger partial charge in [0.2, 0.25) is 0 Å². The molecule has 3 aliphatic rings. The molecule has 1 aliphatic heterocycles. The number of nitrogens with two attached hydrogens (primary N) is 1. The lowest BCUT2D eigenvalue weighted by Crippen LogP contribution is -2.46. The van der Waals surface area contributed by atoms with Crippen LogP contribution >= 0.6 is 0 Å². The lowest BCUT2D eigenvalue weighted by atomic mass is 10.00. The van der Waals surface area contributed by atoms with Gasteiger partial charge in [-0.15, -0.1) is 0 Å². The number of hydrogen-bond acceptors (Lipinski definition) is 3. The summed E-state index contributed by atoms with van der Waals surface area (Å²) in [6, 6.07) is 4.69. The summed E-state index contributed by atoms with van der Waals surface area (Å²) < 4.78 is 14.2. The van der Waals surface area contributed by atoms with Crippen LogP contribution in [0.2, 0.25) is 0 Å². The van der Waals surface area contributed by atoms with Gasteiger partial charge in [0.15, 0.2) is 0 Å². The van der Waals surface area contributed by atoms with Gasteiger partial charge in [-0.05, 0) is 68.9 Å². The summed E-state index contributed by atoms with van der Waals surface area (Å²) >= 11 is 0. The smallest absolute Gasteiger partial charge is 0.124 e. The molecule has 4 heteroatoms. The Balaban J connectivity index is 1.75. The number of alkyl halides is 1. The molecule has 1 heterocycles. The van der Waals surface area contributed by atoms with E-state index in [0.717, 1.165) is 18.5 Å². The molecule has 0 aromatic heterocycles. The zero-order chi connectivity index (χ0) is 15.5. The Bertz CT molecular complexity index is 640. The standard InChI is InChI=1S/C18H24FN3/c1-18(2,19)10-22-17-9-13-7-15(20)6-12(13)5-14(17)8-16(21-22)11-3-4-11/h5,8-9,11,15,21H,3-4,6-7,10,20H2,1-2H3. The highest BCUT2D eigenvalue weighted by Crippen LogP contribution is 2.41. The first-order valence-electron chi connectivity index (χ1n) is 8.25. The molecule has 1 saturated carbocycles. The van der Waals surface area contributed by atoms with Crippen molar-refractivity contribution < 1.29 is 4.39 Å². The first-order chi connectivity index (χ1) is 10.4. The Hall–Kier alpha value is -1.55. The summed E-state index contributed by atoms with van der Waals surface area (Å²) in [5.74, 6) is 0.619. The van der Waals surface area contributed by atoms with Gasteiger partial charge in [0, 0.05) is 23.2 Å². The third-order valence-electron chi connectivity index (χ3n) is 4.73. The Morgan fingerprint density at radius 3 is 2.59 bits per heavy atom. The van der Waals surface area contributed by atoms with Gasteiger partial charge in [0.05, 0.1) is 12.2 Å². The summed E-state index contributed by atoms with van der Waals surface area (Å²) in [6.45, 7) is 3.61. The predicted molar refractivity (Wildman–Crippen MR) is 88.2 cm³/mol. The van der Waals surface area contributed by atoms with Gasteiger partial charge in [-0.25, -0.2) is 4.39 Å². The van der Waals surface area contributed by atoms with Crippen LogP contribution in [0.5, 0.6) is 0 Å². The summed E-state index contributed by atoms with van der Waals surface area (Å²) in [5.41, 5.74) is 14.5. The van der Waals surface area contributed by atoms with Crippen LogP contribution in [-0.4, -0.2) is 18.3 Å². The van der Waals surface area contributed by atoms with Crippen LogP contribution in [0.4, 0.5) is 10.1 Å². The second-order valence-electron chi connectivity index (χ2n) is 7.64. The van der Waals surface area contributed by atoms with Gasteiger partial charge in [-0.1, -0.05) is 0 Å². The van der Waals surface area contributed by atoms with Crippen molar-refractivity contribution in [3.05, 3.63) is 34.5 Å². The number of hydrazine groups is 1. The number of halogens is 1. The number of hydrogen-bond donors (Lipinski definition) is 2. The number of benzene rings is 1. The molecule has 1 aromatic rings. The second kappa shape index (κ2) is 4.72. The van der Waals surface area contributed by atoms with Crippen molar-refractivity contribution in [3.8, 4) is 0 Å². The zero-order valence-electron chi connectivity index (χ0n) is 13.3. The Morgan fingerprint density at radius 1 is 1.27 bits per heavy atom. The van der Waals surface area contributed by atoms with Crippen LogP contribution in [-0.2, 0) is 12.8 Å². The minimum atomic E-state index is -1.24. The van der Waals surface area contributed by atoms with Crippen LogP contribution in [0.25, 0.3) is 6.08 Å². The summed E-state index contributed by atoms with van der Waals surface area (Å²) in [6.07, 6.45) is 6.60. The molecular formula is C18H24FN3. The number of nitrogens with one attached hydrogen (secondary N) is 1. The quantitative estimate of drug-likeness (QED) is 0.902. The fraction of sp³-hybridized carbons (Fsp3) is 0.556. The van der Waals surface area contributed by atoms with E-state index < -0.39 is 5.67 Å². The number of rotatable bonds is 3. The van der Waals surface area contributed by atoms with Gasteiger partial charge >= 0.3 is 0 Å². The molecule has 1 aromatic carbocycles. The molecule has 0 saturated heterocycles. The van der Waals surface area contributed by atoms with Crippen molar-refractivity contribution in [2.45, 2.75) is 51.2 Å². The lowest BCUT2D eigenvalue weighted by molar-refractivity contribution is 0.218. The first kappa shape index (κ1) is 14.1. The molecule has 0 amide bonds. The molecule has 22 heavy (non-hydrogen) atoms. The van der Waals surface area contributed by atoms with Crippen molar-refractivity contribution in [1.82, 2.24) is 5.43 Å². The second-order valence-corrected chi connectivity index (χ2v) is 7.64. The molecule has 1 atom stereocenters. The van der Waals surface area contributed by atoms with Crippen molar-refractivity contribution >= 4 is 11.8 Å². The maximum atomic E-state index is 14.2. The van der Waals surface area contributed by atoms with Crippen molar-refractivity contribution in [2.75, 3.05) is 11.6 Å². The van der Waals surface area contributed by atoms with E-state index in [4.69, 9.17) is 5.73 Å². The van der Waals surface area contributed by atoms with E-state index in [2.05, 4.69) is 23.6 Å². The zero-order valence-corrected chi connectivity index (χ0v) is 13.3. The number of anilines is 1. The van der Waals surface area contributed by atoms with E-state index in [1.54, 1.807) is 13.8 Å². The Labute approximate surface area is 131 Å².